The summed E-state index contributed by atoms with van der Waals surface area (Å²) in [4.78, 5) is 16.9. The summed E-state index contributed by atoms with van der Waals surface area (Å²) < 4.78 is 5.33. The van der Waals surface area contributed by atoms with Crippen LogP contribution >= 0.6 is 0 Å². The second-order valence-electron chi connectivity index (χ2n) is 4.35. The van der Waals surface area contributed by atoms with Gasteiger partial charge in [-0.1, -0.05) is 31.9 Å². The van der Waals surface area contributed by atoms with E-state index in [0.717, 1.165) is 19.3 Å². The molecule has 2 rings (SSSR count). The van der Waals surface area contributed by atoms with Crippen LogP contribution in [0.2, 0.25) is 0 Å². The second kappa shape index (κ2) is 5.34. The van der Waals surface area contributed by atoms with Crippen molar-refractivity contribution in [2.45, 2.75) is 51.2 Å². The lowest BCUT2D eigenvalue weighted by Crippen LogP contribution is -2.49. The highest BCUT2D eigenvalue weighted by molar-refractivity contribution is 5.68. The highest BCUT2D eigenvalue weighted by Crippen LogP contribution is 2.25. The Morgan fingerprint density at radius 1 is 1.50 bits per heavy atom. The van der Waals surface area contributed by atoms with E-state index in [1.807, 2.05) is 12.2 Å². The number of hydrogen-bond acceptors (Lipinski definition) is 3. The van der Waals surface area contributed by atoms with Crippen LogP contribution in [0.4, 0.5) is 4.79 Å². The minimum absolute atomic E-state index is 0.0617. The molecule has 1 saturated heterocycles. The molecule has 0 aromatic rings. The van der Waals surface area contributed by atoms with E-state index in [1.54, 1.807) is 0 Å². The number of fused-ring (bicyclic) bond motifs is 1. The Balaban J connectivity index is 1.87. The van der Waals surface area contributed by atoms with Crippen LogP contribution in [0, 0.1) is 0 Å². The van der Waals surface area contributed by atoms with E-state index in [1.165, 1.54) is 17.9 Å². The van der Waals surface area contributed by atoms with Crippen LogP contribution < -0.4 is 0 Å². The number of carbonyl (C=O) groups is 1. The monoisotopic (exact) mass is 225 g/mol. The lowest BCUT2D eigenvalue weighted by molar-refractivity contribution is -0.179. The third-order valence-corrected chi connectivity index (χ3v) is 3.05. The Kier molecular flexibility index (Phi) is 3.83. The molecule has 0 N–H and O–H groups in total. The molecule has 1 amide bonds. The fourth-order valence-electron chi connectivity index (χ4n) is 2.18. The summed E-state index contributed by atoms with van der Waals surface area (Å²) in [6.45, 7) is 2.64. The van der Waals surface area contributed by atoms with Gasteiger partial charge in [0.25, 0.3) is 0 Å². The van der Waals surface area contributed by atoms with Crippen molar-refractivity contribution in [1.29, 1.82) is 0 Å². The average Bonchev–Trinajstić information content (AvgIpc) is 2.30. The standard InChI is InChI=1S/C12H19NO3/c1-2-3-4-7-11-9-10-6-5-8-15-13(10)12(14)16-11/h5-6,10-11H,2-4,7-9H2,1H3/t10-,11+/m1/s1. The summed E-state index contributed by atoms with van der Waals surface area (Å²) in [5.74, 6) is 0. The zero-order chi connectivity index (χ0) is 11.4. The van der Waals surface area contributed by atoms with Gasteiger partial charge in [0.15, 0.2) is 0 Å². The SMILES string of the molecule is CCCCC[C@H]1C[C@H]2C=CCON2C(=O)O1. The second-order valence-corrected chi connectivity index (χ2v) is 4.35. The molecule has 0 radical (unpaired) electrons. The molecule has 0 aliphatic carbocycles. The van der Waals surface area contributed by atoms with Crippen molar-refractivity contribution in [2.75, 3.05) is 6.61 Å². The first-order valence-corrected chi connectivity index (χ1v) is 6.10. The van der Waals surface area contributed by atoms with E-state index in [4.69, 9.17) is 9.57 Å². The summed E-state index contributed by atoms with van der Waals surface area (Å²) in [6, 6.07) is 0.0710. The van der Waals surface area contributed by atoms with Gasteiger partial charge in [0.1, 0.15) is 6.10 Å². The zero-order valence-corrected chi connectivity index (χ0v) is 9.72. The van der Waals surface area contributed by atoms with Crippen LogP contribution in [0.15, 0.2) is 12.2 Å². The van der Waals surface area contributed by atoms with Crippen LogP contribution in [0.3, 0.4) is 0 Å². The zero-order valence-electron chi connectivity index (χ0n) is 9.72. The molecule has 2 aliphatic rings. The van der Waals surface area contributed by atoms with Crippen molar-refractivity contribution in [3.8, 4) is 0 Å². The maximum absolute atomic E-state index is 11.6. The first-order chi connectivity index (χ1) is 7.81. The normalized spacial score (nSPS) is 28.8. The molecule has 0 aromatic heterocycles. The van der Waals surface area contributed by atoms with Crippen molar-refractivity contribution in [2.24, 2.45) is 0 Å². The maximum Gasteiger partial charge on any atom is 0.434 e. The summed E-state index contributed by atoms with van der Waals surface area (Å²) in [5.41, 5.74) is 0. The number of carbonyl (C=O) groups excluding carboxylic acids is 1. The van der Waals surface area contributed by atoms with Crippen molar-refractivity contribution >= 4 is 6.09 Å². The minimum Gasteiger partial charge on any atom is -0.444 e. The van der Waals surface area contributed by atoms with Crippen LogP contribution in [0.25, 0.3) is 0 Å². The fraction of sp³-hybridized carbons (Fsp3) is 0.750. The van der Waals surface area contributed by atoms with Gasteiger partial charge in [-0.25, -0.2) is 4.79 Å². The van der Waals surface area contributed by atoms with Gasteiger partial charge in [0.2, 0.25) is 0 Å². The highest BCUT2D eigenvalue weighted by atomic mass is 16.7. The molecule has 2 heterocycles. The van der Waals surface area contributed by atoms with Gasteiger partial charge >= 0.3 is 6.09 Å². The van der Waals surface area contributed by atoms with E-state index in [9.17, 15) is 4.79 Å². The fourth-order valence-corrected chi connectivity index (χ4v) is 2.18. The first-order valence-electron chi connectivity index (χ1n) is 6.10. The predicted octanol–water partition coefficient (Wildman–Crippen LogP) is 2.65. The molecule has 0 spiro atoms. The summed E-state index contributed by atoms with van der Waals surface area (Å²) in [6.07, 6.45) is 9.08. The molecule has 1 fully saturated rings. The van der Waals surface area contributed by atoms with Crippen LogP contribution in [-0.2, 0) is 9.57 Å². The quantitative estimate of drug-likeness (QED) is 0.545. The van der Waals surface area contributed by atoms with E-state index in [2.05, 4.69) is 6.92 Å². The van der Waals surface area contributed by atoms with E-state index in [-0.39, 0.29) is 18.2 Å². The molecular formula is C12H19NO3. The van der Waals surface area contributed by atoms with Crippen molar-refractivity contribution in [3.05, 3.63) is 12.2 Å². The summed E-state index contributed by atoms with van der Waals surface area (Å²) in [5, 5.41) is 1.36. The third kappa shape index (κ3) is 2.55. The van der Waals surface area contributed by atoms with Gasteiger partial charge in [-0.05, 0) is 12.8 Å². The molecule has 0 bridgehead atoms. The molecular weight excluding hydrogens is 206 g/mol. The van der Waals surface area contributed by atoms with Gasteiger partial charge in [-0.3, -0.25) is 4.84 Å². The van der Waals surface area contributed by atoms with E-state index in [0.29, 0.717) is 6.61 Å². The van der Waals surface area contributed by atoms with Gasteiger partial charge < -0.3 is 4.74 Å². The van der Waals surface area contributed by atoms with Crippen LogP contribution in [0.5, 0.6) is 0 Å². The number of hydrogen-bond donors (Lipinski definition) is 0. The van der Waals surface area contributed by atoms with Gasteiger partial charge in [-0.2, -0.15) is 5.06 Å². The van der Waals surface area contributed by atoms with Gasteiger partial charge in [-0.15, -0.1) is 0 Å². The molecule has 4 nitrogen and oxygen atoms in total. The molecule has 90 valence electrons. The number of cyclic esters (lactones) is 1. The smallest absolute Gasteiger partial charge is 0.434 e. The summed E-state index contributed by atoms with van der Waals surface area (Å²) in [7, 11) is 0. The Labute approximate surface area is 96.2 Å². The predicted molar refractivity (Wildman–Crippen MR) is 59.7 cm³/mol. The lowest BCUT2D eigenvalue weighted by Gasteiger charge is -2.37. The number of nitrogens with zero attached hydrogens (tertiary/aromatic N) is 1. The summed E-state index contributed by atoms with van der Waals surface area (Å²) >= 11 is 0. The molecule has 16 heavy (non-hydrogen) atoms. The number of ether oxygens (including phenoxy) is 1. The van der Waals surface area contributed by atoms with Crippen molar-refractivity contribution < 1.29 is 14.4 Å². The number of hydroxylamine groups is 2. The van der Waals surface area contributed by atoms with Crippen molar-refractivity contribution in [1.82, 2.24) is 5.06 Å². The molecule has 4 heteroatoms. The van der Waals surface area contributed by atoms with Crippen molar-refractivity contribution in [3.63, 3.8) is 0 Å². The molecule has 0 aromatic carbocycles. The van der Waals surface area contributed by atoms with Gasteiger partial charge in [0.05, 0.1) is 12.6 Å². The van der Waals surface area contributed by atoms with E-state index < -0.39 is 0 Å². The molecule has 0 unspecified atom stereocenters. The Morgan fingerprint density at radius 2 is 2.38 bits per heavy atom. The molecule has 2 atom stereocenters. The maximum atomic E-state index is 11.6. The minimum atomic E-state index is -0.331. The highest BCUT2D eigenvalue weighted by Gasteiger charge is 2.35. The lowest BCUT2D eigenvalue weighted by atomic mass is 10.0. The average molecular weight is 225 g/mol. The first kappa shape index (κ1) is 11.5. The molecule has 0 saturated carbocycles. The van der Waals surface area contributed by atoms with Crippen LogP contribution in [0.1, 0.15) is 39.0 Å². The Morgan fingerprint density at radius 3 is 3.19 bits per heavy atom. The third-order valence-electron chi connectivity index (χ3n) is 3.05. The molecule has 2 aliphatic heterocycles. The number of unbranched alkanes of at least 4 members (excludes halogenated alkanes) is 2. The largest absolute Gasteiger partial charge is 0.444 e. The Hall–Kier alpha value is -1.03. The van der Waals surface area contributed by atoms with E-state index >= 15 is 0 Å². The topological polar surface area (TPSA) is 38.8 Å². The Bertz CT molecular complexity index is 277. The number of amides is 1. The van der Waals surface area contributed by atoms with Crippen LogP contribution in [-0.4, -0.2) is 29.9 Å². The number of rotatable bonds is 4. The van der Waals surface area contributed by atoms with Gasteiger partial charge in [0, 0.05) is 6.42 Å².